The zero-order chi connectivity index (χ0) is 9.68. The van der Waals surface area contributed by atoms with E-state index in [0.717, 1.165) is 18.9 Å². The van der Waals surface area contributed by atoms with Gasteiger partial charge >= 0.3 is 0 Å². The van der Waals surface area contributed by atoms with Crippen LogP contribution in [0.4, 0.5) is 5.82 Å². The van der Waals surface area contributed by atoms with Gasteiger partial charge in [-0.1, -0.05) is 11.6 Å². The van der Waals surface area contributed by atoms with E-state index in [0.29, 0.717) is 11.6 Å². The largest absolute Gasteiger partial charge is 0.356 e. The Bertz CT molecular complexity index is 248. The van der Waals surface area contributed by atoms with E-state index in [1.807, 2.05) is 12.1 Å². The molecule has 0 saturated heterocycles. The number of halogens is 1. The minimum Gasteiger partial charge on any atom is -0.356 e. The van der Waals surface area contributed by atoms with Gasteiger partial charge in [0.25, 0.3) is 0 Å². The SMILES string of the molecule is CCN(CCN)c1ccc(Cl)cn1. The van der Waals surface area contributed by atoms with E-state index in [-0.39, 0.29) is 0 Å². The van der Waals surface area contributed by atoms with Crippen molar-refractivity contribution in [2.24, 2.45) is 5.73 Å². The first-order chi connectivity index (χ1) is 6.27. The summed E-state index contributed by atoms with van der Waals surface area (Å²) in [4.78, 5) is 6.31. The van der Waals surface area contributed by atoms with Gasteiger partial charge in [-0.15, -0.1) is 0 Å². The zero-order valence-electron chi connectivity index (χ0n) is 7.70. The molecule has 0 fully saturated rings. The number of hydrogen-bond acceptors (Lipinski definition) is 3. The maximum Gasteiger partial charge on any atom is 0.128 e. The number of aromatic nitrogens is 1. The Hall–Kier alpha value is -0.800. The molecule has 1 heterocycles. The summed E-state index contributed by atoms with van der Waals surface area (Å²) in [7, 11) is 0. The lowest BCUT2D eigenvalue weighted by atomic mass is 10.4. The van der Waals surface area contributed by atoms with Crippen LogP contribution in [0.1, 0.15) is 6.92 Å². The van der Waals surface area contributed by atoms with Crippen molar-refractivity contribution in [2.45, 2.75) is 6.92 Å². The Morgan fingerprint density at radius 3 is 2.77 bits per heavy atom. The highest BCUT2D eigenvalue weighted by Crippen LogP contribution is 2.13. The van der Waals surface area contributed by atoms with E-state index in [1.54, 1.807) is 6.20 Å². The van der Waals surface area contributed by atoms with Crippen LogP contribution in [-0.2, 0) is 0 Å². The Balaban J connectivity index is 2.73. The minimum absolute atomic E-state index is 0.637. The topological polar surface area (TPSA) is 42.1 Å². The smallest absolute Gasteiger partial charge is 0.128 e. The summed E-state index contributed by atoms with van der Waals surface area (Å²) < 4.78 is 0. The van der Waals surface area contributed by atoms with Crippen LogP contribution in [0.15, 0.2) is 18.3 Å². The quantitative estimate of drug-likeness (QED) is 0.800. The standard InChI is InChI=1S/C9H14ClN3/c1-2-13(6-5-11)9-4-3-8(10)7-12-9/h3-4,7H,2,5-6,11H2,1H3. The van der Waals surface area contributed by atoms with Crippen molar-refractivity contribution in [3.8, 4) is 0 Å². The van der Waals surface area contributed by atoms with E-state index in [1.165, 1.54) is 0 Å². The lowest BCUT2D eigenvalue weighted by Gasteiger charge is -2.20. The molecule has 1 rings (SSSR count). The van der Waals surface area contributed by atoms with Crippen LogP contribution in [0, 0.1) is 0 Å². The second kappa shape index (κ2) is 5.04. The van der Waals surface area contributed by atoms with Crippen LogP contribution in [0.2, 0.25) is 5.02 Å². The lowest BCUT2D eigenvalue weighted by Crippen LogP contribution is -2.29. The highest BCUT2D eigenvalue weighted by atomic mass is 35.5. The summed E-state index contributed by atoms with van der Waals surface area (Å²) in [5, 5.41) is 0.660. The van der Waals surface area contributed by atoms with Gasteiger partial charge in [0, 0.05) is 25.8 Å². The summed E-state index contributed by atoms with van der Waals surface area (Å²) >= 11 is 5.73. The first-order valence-corrected chi connectivity index (χ1v) is 4.72. The van der Waals surface area contributed by atoms with Gasteiger partial charge in [-0.3, -0.25) is 0 Å². The normalized spacial score (nSPS) is 10.1. The average Bonchev–Trinajstić information content (AvgIpc) is 2.16. The molecule has 0 saturated carbocycles. The van der Waals surface area contributed by atoms with Gasteiger partial charge in [0.2, 0.25) is 0 Å². The van der Waals surface area contributed by atoms with Gasteiger partial charge in [-0.2, -0.15) is 0 Å². The molecule has 0 spiro atoms. The van der Waals surface area contributed by atoms with Crippen LogP contribution in [0.5, 0.6) is 0 Å². The minimum atomic E-state index is 0.637. The van der Waals surface area contributed by atoms with Crippen molar-refractivity contribution < 1.29 is 0 Å². The molecule has 0 radical (unpaired) electrons. The Morgan fingerprint density at radius 2 is 2.31 bits per heavy atom. The van der Waals surface area contributed by atoms with E-state index in [9.17, 15) is 0 Å². The second-order valence-electron chi connectivity index (χ2n) is 2.70. The summed E-state index contributed by atoms with van der Waals surface area (Å²) in [6, 6.07) is 3.74. The van der Waals surface area contributed by atoms with Crippen LogP contribution in [0.3, 0.4) is 0 Å². The third kappa shape index (κ3) is 2.86. The Kier molecular flexibility index (Phi) is 3.99. The average molecular weight is 200 g/mol. The number of nitrogens with two attached hydrogens (primary N) is 1. The van der Waals surface area contributed by atoms with E-state index in [4.69, 9.17) is 17.3 Å². The molecule has 0 unspecified atom stereocenters. The van der Waals surface area contributed by atoms with Crippen molar-refractivity contribution >= 4 is 17.4 Å². The van der Waals surface area contributed by atoms with E-state index >= 15 is 0 Å². The summed E-state index contributed by atoms with van der Waals surface area (Å²) in [6.07, 6.45) is 1.65. The molecule has 1 aromatic rings. The fourth-order valence-electron chi connectivity index (χ4n) is 1.15. The molecule has 2 N–H and O–H groups in total. The maximum absolute atomic E-state index is 5.73. The number of likely N-dealkylation sites (N-methyl/N-ethyl adjacent to an activating group) is 1. The van der Waals surface area contributed by atoms with Crippen LogP contribution < -0.4 is 10.6 Å². The molecule has 0 bridgehead atoms. The zero-order valence-corrected chi connectivity index (χ0v) is 8.46. The second-order valence-corrected chi connectivity index (χ2v) is 3.14. The molecule has 0 aliphatic rings. The monoisotopic (exact) mass is 199 g/mol. The predicted octanol–water partition coefficient (Wildman–Crippen LogP) is 1.52. The van der Waals surface area contributed by atoms with E-state index < -0.39 is 0 Å². The summed E-state index contributed by atoms with van der Waals surface area (Å²) in [5.74, 6) is 0.928. The third-order valence-corrected chi connectivity index (χ3v) is 2.04. The number of nitrogens with zero attached hydrogens (tertiary/aromatic N) is 2. The van der Waals surface area contributed by atoms with Crippen molar-refractivity contribution in [2.75, 3.05) is 24.5 Å². The first-order valence-electron chi connectivity index (χ1n) is 4.34. The number of pyridine rings is 1. The fraction of sp³-hybridized carbons (Fsp3) is 0.444. The Labute approximate surface area is 83.5 Å². The molecule has 3 nitrogen and oxygen atoms in total. The molecule has 72 valence electrons. The molecule has 0 amide bonds. The molecule has 4 heteroatoms. The summed E-state index contributed by atoms with van der Waals surface area (Å²) in [5.41, 5.74) is 5.48. The summed E-state index contributed by atoms with van der Waals surface area (Å²) in [6.45, 7) is 4.45. The highest BCUT2D eigenvalue weighted by molar-refractivity contribution is 6.30. The van der Waals surface area contributed by atoms with Crippen molar-refractivity contribution in [1.82, 2.24) is 4.98 Å². The molecular formula is C9H14ClN3. The van der Waals surface area contributed by atoms with Gasteiger partial charge in [0.1, 0.15) is 5.82 Å². The lowest BCUT2D eigenvalue weighted by molar-refractivity contribution is 0.802. The highest BCUT2D eigenvalue weighted by Gasteiger charge is 2.03. The van der Waals surface area contributed by atoms with Crippen LogP contribution in [0.25, 0.3) is 0 Å². The maximum atomic E-state index is 5.73. The van der Waals surface area contributed by atoms with Crippen LogP contribution >= 0.6 is 11.6 Å². The van der Waals surface area contributed by atoms with Crippen molar-refractivity contribution in [3.63, 3.8) is 0 Å². The van der Waals surface area contributed by atoms with Crippen molar-refractivity contribution in [3.05, 3.63) is 23.4 Å². The number of anilines is 1. The van der Waals surface area contributed by atoms with Crippen molar-refractivity contribution in [1.29, 1.82) is 0 Å². The van der Waals surface area contributed by atoms with Gasteiger partial charge in [0.05, 0.1) is 5.02 Å². The predicted molar refractivity (Wildman–Crippen MR) is 56.2 cm³/mol. The van der Waals surface area contributed by atoms with E-state index in [2.05, 4.69) is 16.8 Å². The van der Waals surface area contributed by atoms with Crippen LogP contribution in [-0.4, -0.2) is 24.6 Å². The first kappa shape index (κ1) is 10.3. The molecule has 0 aliphatic carbocycles. The molecule has 0 aromatic carbocycles. The molecule has 0 atom stereocenters. The Morgan fingerprint density at radius 1 is 1.54 bits per heavy atom. The fourth-order valence-corrected chi connectivity index (χ4v) is 1.26. The third-order valence-electron chi connectivity index (χ3n) is 1.82. The molecule has 1 aromatic heterocycles. The number of rotatable bonds is 4. The molecule has 0 aliphatic heterocycles. The van der Waals surface area contributed by atoms with Gasteiger partial charge < -0.3 is 10.6 Å². The van der Waals surface area contributed by atoms with Gasteiger partial charge in [0.15, 0.2) is 0 Å². The number of hydrogen-bond donors (Lipinski definition) is 1. The van der Waals surface area contributed by atoms with Gasteiger partial charge in [-0.05, 0) is 19.1 Å². The van der Waals surface area contributed by atoms with Gasteiger partial charge in [-0.25, -0.2) is 4.98 Å². The molecular weight excluding hydrogens is 186 g/mol. The molecule has 13 heavy (non-hydrogen) atoms.